The summed E-state index contributed by atoms with van der Waals surface area (Å²) in [5.74, 6) is 0. The molecule has 1 fully saturated rings. The van der Waals surface area contributed by atoms with Crippen molar-refractivity contribution in [2.45, 2.75) is 53.0 Å². The molecule has 1 aliphatic rings. The van der Waals surface area contributed by atoms with E-state index in [1.165, 1.54) is 32.5 Å². The minimum Gasteiger partial charge on any atom is -0.311 e. The van der Waals surface area contributed by atoms with Gasteiger partial charge in [-0.05, 0) is 52.1 Å². The van der Waals surface area contributed by atoms with Crippen LogP contribution in [0.5, 0.6) is 0 Å². The fraction of sp³-hybridized carbons (Fsp3) is 1.00. The van der Waals surface area contributed by atoms with Gasteiger partial charge in [-0.3, -0.25) is 0 Å². The second-order valence-electron chi connectivity index (χ2n) is 6.68. The summed E-state index contributed by atoms with van der Waals surface area (Å²) in [4.78, 5) is 2.59. The Labute approximate surface area is 95.4 Å². The van der Waals surface area contributed by atoms with Crippen molar-refractivity contribution >= 4 is 0 Å². The Bertz CT molecular complexity index is 181. The molecule has 0 unspecified atom stereocenters. The van der Waals surface area contributed by atoms with Gasteiger partial charge in [0, 0.05) is 18.6 Å². The molecule has 90 valence electrons. The maximum atomic E-state index is 3.55. The third kappa shape index (κ3) is 5.53. The molecule has 1 heterocycles. The van der Waals surface area contributed by atoms with Gasteiger partial charge in [-0.25, -0.2) is 0 Å². The fourth-order valence-corrected chi connectivity index (χ4v) is 1.97. The second-order valence-corrected chi connectivity index (χ2v) is 6.68. The Hall–Kier alpha value is -0.0800. The van der Waals surface area contributed by atoms with Crippen LogP contribution in [-0.2, 0) is 0 Å². The predicted octanol–water partition coefficient (Wildman–Crippen LogP) is 2.50. The number of nitrogens with zero attached hydrogens (tertiary/aromatic N) is 1. The number of piperidine rings is 1. The molecule has 2 heteroatoms. The van der Waals surface area contributed by atoms with Gasteiger partial charge in [0.15, 0.2) is 0 Å². The minimum absolute atomic E-state index is 0.259. The zero-order chi connectivity index (χ0) is 11.5. The third-order valence-electron chi connectivity index (χ3n) is 3.29. The summed E-state index contributed by atoms with van der Waals surface area (Å²) in [7, 11) is 0. The molecule has 0 aromatic heterocycles. The molecule has 0 spiro atoms. The van der Waals surface area contributed by atoms with Gasteiger partial charge < -0.3 is 10.2 Å². The summed E-state index contributed by atoms with van der Waals surface area (Å²) in [6.45, 7) is 16.3. The van der Waals surface area contributed by atoms with Crippen molar-refractivity contribution in [2.24, 2.45) is 5.41 Å². The van der Waals surface area contributed by atoms with Gasteiger partial charge in [0.2, 0.25) is 0 Å². The number of rotatable bonds is 3. The van der Waals surface area contributed by atoms with Crippen LogP contribution in [0.3, 0.4) is 0 Å². The standard InChI is InChI=1S/C13H28N2/c1-12(2,3)14-8-11-15-9-6-13(4,5)7-10-15/h14H,6-11H2,1-5H3. The van der Waals surface area contributed by atoms with E-state index in [2.05, 4.69) is 44.8 Å². The number of hydrogen-bond acceptors (Lipinski definition) is 2. The SMILES string of the molecule is CC1(C)CCN(CCNC(C)(C)C)CC1. The molecule has 0 radical (unpaired) electrons. The Balaban J connectivity index is 2.14. The summed E-state index contributed by atoms with van der Waals surface area (Å²) < 4.78 is 0. The van der Waals surface area contributed by atoms with Gasteiger partial charge in [-0.15, -0.1) is 0 Å². The van der Waals surface area contributed by atoms with Crippen LogP contribution in [0.1, 0.15) is 47.5 Å². The number of nitrogens with one attached hydrogen (secondary N) is 1. The first-order valence-electron chi connectivity index (χ1n) is 6.26. The van der Waals surface area contributed by atoms with Gasteiger partial charge in [0.05, 0.1) is 0 Å². The van der Waals surface area contributed by atoms with Crippen molar-refractivity contribution in [3.63, 3.8) is 0 Å². The third-order valence-corrected chi connectivity index (χ3v) is 3.29. The van der Waals surface area contributed by atoms with E-state index in [0.29, 0.717) is 5.41 Å². The number of hydrogen-bond donors (Lipinski definition) is 1. The molecule has 0 amide bonds. The first kappa shape index (κ1) is 13.0. The highest BCUT2D eigenvalue weighted by Gasteiger charge is 2.24. The quantitative estimate of drug-likeness (QED) is 0.773. The van der Waals surface area contributed by atoms with Crippen LogP contribution >= 0.6 is 0 Å². The summed E-state index contributed by atoms with van der Waals surface area (Å²) in [5, 5.41) is 3.55. The topological polar surface area (TPSA) is 15.3 Å². The largest absolute Gasteiger partial charge is 0.311 e. The van der Waals surface area contributed by atoms with Crippen molar-refractivity contribution in [1.82, 2.24) is 10.2 Å². The van der Waals surface area contributed by atoms with Crippen molar-refractivity contribution in [3.8, 4) is 0 Å². The highest BCUT2D eigenvalue weighted by atomic mass is 15.1. The van der Waals surface area contributed by atoms with E-state index < -0.39 is 0 Å². The van der Waals surface area contributed by atoms with E-state index in [1.807, 2.05) is 0 Å². The van der Waals surface area contributed by atoms with Gasteiger partial charge >= 0.3 is 0 Å². The van der Waals surface area contributed by atoms with Gasteiger partial charge in [-0.1, -0.05) is 13.8 Å². The molecule has 1 N–H and O–H groups in total. The molecule has 0 aromatic carbocycles. The summed E-state index contributed by atoms with van der Waals surface area (Å²) in [6, 6.07) is 0. The van der Waals surface area contributed by atoms with E-state index >= 15 is 0 Å². The van der Waals surface area contributed by atoms with Crippen LogP contribution in [0.25, 0.3) is 0 Å². The molecule has 0 aliphatic carbocycles. The Morgan fingerprint density at radius 1 is 1.13 bits per heavy atom. The van der Waals surface area contributed by atoms with Crippen LogP contribution in [0.4, 0.5) is 0 Å². The van der Waals surface area contributed by atoms with Crippen LogP contribution in [0.2, 0.25) is 0 Å². The average Bonchev–Trinajstić information content (AvgIpc) is 2.06. The Kier molecular flexibility index (Phi) is 4.19. The van der Waals surface area contributed by atoms with Crippen molar-refractivity contribution in [2.75, 3.05) is 26.2 Å². The highest BCUT2D eigenvalue weighted by molar-refractivity contribution is 4.79. The fourth-order valence-electron chi connectivity index (χ4n) is 1.97. The highest BCUT2D eigenvalue weighted by Crippen LogP contribution is 2.29. The van der Waals surface area contributed by atoms with Crippen LogP contribution < -0.4 is 5.32 Å². The Morgan fingerprint density at radius 3 is 2.13 bits per heavy atom. The predicted molar refractivity (Wildman–Crippen MR) is 67.2 cm³/mol. The lowest BCUT2D eigenvalue weighted by molar-refractivity contribution is 0.131. The average molecular weight is 212 g/mol. The monoisotopic (exact) mass is 212 g/mol. The molecular weight excluding hydrogens is 184 g/mol. The van der Waals surface area contributed by atoms with Crippen molar-refractivity contribution < 1.29 is 0 Å². The molecule has 0 bridgehead atoms. The Morgan fingerprint density at radius 2 is 1.67 bits per heavy atom. The van der Waals surface area contributed by atoms with E-state index in [1.54, 1.807) is 0 Å². The maximum absolute atomic E-state index is 3.55. The molecule has 1 saturated heterocycles. The molecule has 0 aromatic rings. The van der Waals surface area contributed by atoms with Gasteiger partial charge in [-0.2, -0.15) is 0 Å². The molecular formula is C13H28N2. The summed E-state index contributed by atoms with van der Waals surface area (Å²) in [6.07, 6.45) is 2.70. The first-order valence-corrected chi connectivity index (χ1v) is 6.26. The summed E-state index contributed by atoms with van der Waals surface area (Å²) >= 11 is 0. The summed E-state index contributed by atoms with van der Waals surface area (Å²) in [5.41, 5.74) is 0.836. The molecule has 1 aliphatic heterocycles. The molecule has 15 heavy (non-hydrogen) atoms. The van der Waals surface area contributed by atoms with Gasteiger partial charge in [0.25, 0.3) is 0 Å². The lowest BCUT2D eigenvalue weighted by Crippen LogP contribution is -2.44. The van der Waals surface area contributed by atoms with E-state index in [0.717, 1.165) is 6.54 Å². The normalized spacial score (nSPS) is 23.0. The smallest absolute Gasteiger partial charge is 0.0107 e. The molecule has 0 saturated carbocycles. The minimum atomic E-state index is 0.259. The second kappa shape index (κ2) is 4.84. The van der Waals surface area contributed by atoms with E-state index in [4.69, 9.17) is 0 Å². The van der Waals surface area contributed by atoms with Crippen molar-refractivity contribution in [3.05, 3.63) is 0 Å². The van der Waals surface area contributed by atoms with Crippen molar-refractivity contribution in [1.29, 1.82) is 0 Å². The lowest BCUT2D eigenvalue weighted by Gasteiger charge is -2.37. The van der Waals surface area contributed by atoms with E-state index in [-0.39, 0.29) is 5.54 Å². The van der Waals surface area contributed by atoms with Gasteiger partial charge in [0.1, 0.15) is 0 Å². The zero-order valence-corrected chi connectivity index (χ0v) is 11.2. The number of likely N-dealkylation sites (tertiary alicyclic amines) is 1. The maximum Gasteiger partial charge on any atom is 0.0107 e. The van der Waals surface area contributed by atoms with E-state index in [9.17, 15) is 0 Å². The van der Waals surface area contributed by atoms with Crippen LogP contribution in [-0.4, -0.2) is 36.6 Å². The molecule has 2 nitrogen and oxygen atoms in total. The first-order chi connectivity index (χ1) is 6.79. The molecule has 0 atom stereocenters. The van der Waals surface area contributed by atoms with Crippen LogP contribution in [0.15, 0.2) is 0 Å². The van der Waals surface area contributed by atoms with Crippen LogP contribution in [0, 0.1) is 5.41 Å². The molecule has 1 rings (SSSR count). The zero-order valence-electron chi connectivity index (χ0n) is 11.2. The lowest BCUT2D eigenvalue weighted by atomic mass is 9.83.